The molecule has 0 bridgehead atoms. The van der Waals surface area contributed by atoms with Crippen molar-refractivity contribution in [3.05, 3.63) is 57.0 Å². The molecular formula is C15H14N4OS. The molecule has 6 heteroatoms. The van der Waals surface area contributed by atoms with Crippen LogP contribution in [-0.2, 0) is 13.0 Å². The van der Waals surface area contributed by atoms with Crippen molar-refractivity contribution in [1.82, 2.24) is 14.6 Å². The maximum Gasteiger partial charge on any atom is 0.275 e. The molecule has 4 rings (SSSR count). The minimum absolute atomic E-state index is 0.109. The van der Waals surface area contributed by atoms with Crippen molar-refractivity contribution in [3.63, 3.8) is 0 Å². The third-order valence-corrected chi connectivity index (χ3v) is 4.62. The van der Waals surface area contributed by atoms with Crippen molar-refractivity contribution in [3.8, 4) is 0 Å². The molecule has 1 aromatic carbocycles. The molecule has 0 fully saturated rings. The van der Waals surface area contributed by atoms with Crippen LogP contribution in [0.5, 0.6) is 0 Å². The average molecular weight is 298 g/mol. The number of fused-ring (bicyclic) bond motifs is 2. The number of nitrogens with zero attached hydrogens (tertiary/aromatic N) is 4. The number of hydrogen-bond acceptors (Lipinski definition) is 5. The second kappa shape index (κ2) is 4.66. The van der Waals surface area contributed by atoms with Crippen LogP contribution in [0.15, 0.2) is 35.1 Å². The van der Waals surface area contributed by atoms with Gasteiger partial charge in [-0.3, -0.25) is 4.79 Å². The van der Waals surface area contributed by atoms with Gasteiger partial charge < -0.3 is 4.90 Å². The smallest absolute Gasteiger partial charge is 0.275 e. The lowest BCUT2D eigenvalue weighted by Crippen LogP contribution is -2.20. The molecule has 0 N–H and O–H groups in total. The Kier molecular flexibility index (Phi) is 2.78. The van der Waals surface area contributed by atoms with E-state index in [1.54, 1.807) is 0 Å². The number of aromatic nitrogens is 3. The first-order chi connectivity index (χ1) is 10.2. The summed E-state index contributed by atoms with van der Waals surface area (Å²) in [6.45, 7) is 3.55. The summed E-state index contributed by atoms with van der Waals surface area (Å²) in [5.74, 6) is 0. The molecule has 1 aliphatic rings. The lowest BCUT2D eigenvalue weighted by Gasteiger charge is -2.17. The molecule has 21 heavy (non-hydrogen) atoms. The monoisotopic (exact) mass is 298 g/mol. The first-order valence-corrected chi connectivity index (χ1v) is 7.71. The molecule has 3 aromatic rings. The predicted molar refractivity (Wildman–Crippen MR) is 83.1 cm³/mol. The first kappa shape index (κ1) is 12.5. The van der Waals surface area contributed by atoms with Gasteiger partial charge in [0.2, 0.25) is 4.96 Å². The van der Waals surface area contributed by atoms with Crippen LogP contribution < -0.4 is 10.5 Å². The highest BCUT2D eigenvalue weighted by molar-refractivity contribution is 7.16. The fourth-order valence-corrected chi connectivity index (χ4v) is 3.72. The van der Waals surface area contributed by atoms with E-state index in [0.29, 0.717) is 4.96 Å². The molecule has 0 unspecified atom stereocenters. The highest BCUT2D eigenvalue weighted by Gasteiger charge is 2.20. The zero-order chi connectivity index (χ0) is 14.4. The molecule has 0 amide bonds. The van der Waals surface area contributed by atoms with Gasteiger partial charge in [-0.15, -0.1) is 0 Å². The number of aryl methyl sites for hydroxylation is 1. The SMILES string of the molecule is Cc1cc(=O)n2nc(CN3CCc4ccccc43)sc2n1. The summed E-state index contributed by atoms with van der Waals surface area (Å²) in [5.41, 5.74) is 3.28. The molecule has 5 nitrogen and oxygen atoms in total. The van der Waals surface area contributed by atoms with Crippen molar-refractivity contribution in [2.24, 2.45) is 0 Å². The topological polar surface area (TPSA) is 50.5 Å². The summed E-state index contributed by atoms with van der Waals surface area (Å²) in [6.07, 6.45) is 1.07. The summed E-state index contributed by atoms with van der Waals surface area (Å²) in [6, 6.07) is 9.96. The lowest BCUT2D eigenvalue weighted by atomic mass is 10.2. The summed E-state index contributed by atoms with van der Waals surface area (Å²) >= 11 is 1.49. The van der Waals surface area contributed by atoms with E-state index in [1.165, 1.54) is 33.2 Å². The van der Waals surface area contributed by atoms with E-state index in [0.717, 1.165) is 30.2 Å². The molecule has 1 aliphatic heterocycles. The summed E-state index contributed by atoms with van der Waals surface area (Å²) < 4.78 is 1.40. The third kappa shape index (κ3) is 2.12. The summed E-state index contributed by atoms with van der Waals surface area (Å²) in [7, 11) is 0. The van der Waals surface area contributed by atoms with Crippen LogP contribution in [-0.4, -0.2) is 21.1 Å². The molecule has 106 valence electrons. The van der Waals surface area contributed by atoms with Crippen LogP contribution in [0.2, 0.25) is 0 Å². The Labute approximate surface area is 125 Å². The van der Waals surface area contributed by atoms with E-state index >= 15 is 0 Å². The zero-order valence-corrected chi connectivity index (χ0v) is 12.4. The number of hydrogen-bond donors (Lipinski definition) is 0. The molecule has 2 aromatic heterocycles. The first-order valence-electron chi connectivity index (χ1n) is 6.90. The fraction of sp³-hybridized carbons (Fsp3) is 0.267. The van der Waals surface area contributed by atoms with Gasteiger partial charge in [0.15, 0.2) is 0 Å². The molecule has 0 atom stereocenters. The minimum Gasteiger partial charge on any atom is -0.364 e. The average Bonchev–Trinajstić information content (AvgIpc) is 3.04. The highest BCUT2D eigenvalue weighted by atomic mass is 32.1. The maximum atomic E-state index is 11.9. The standard InChI is InChI=1S/C15H14N4OS/c1-10-8-14(20)19-15(16-10)21-13(17-19)9-18-7-6-11-4-2-3-5-12(11)18/h2-5,8H,6-7,9H2,1H3. The molecule has 0 saturated carbocycles. The van der Waals surface area contributed by atoms with Gasteiger partial charge in [-0.05, 0) is 25.0 Å². The molecule has 0 spiro atoms. The molecule has 3 heterocycles. The van der Waals surface area contributed by atoms with Crippen molar-refractivity contribution < 1.29 is 0 Å². The van der Waals surface area contributed by atoms with Gasteiger partial charge >= 0.3 is 0 Å². The predicted octanol–water partition coefficient (Wildman–Crippen LogP) is 2.02. The molecular weight excluding hydrogens is 284 g/mol. The van der Waals surface area contributed by atoms with Crippen molar-refractivity contribution in [1.29, 1.82) is 0 Å². The summed E-state index contributed by atoms with van der Waals surface area (Å²) in [5, 5.41) is 5.33. The van der Waals surface area contributed by atoms with Gasteiger partial charge in [0, 0.05) is 24.0 Å². The third-order valence-electron chi connectivity index (χ3n) is 3.72. The van der Waals surface area contributed by atoms with Crippen LogP contribution in [0.1, 0.15) is 16.3 Å². The second-order valence-corrected chi connectivity index (χ2v) is 6.27. The lowest BCUT2D eigenvalue weighted by molar-refractivity contribution is 0.788. The van der Waals surface area contributed by atoms with Crippen LogP contribution in [0.3, 0.4) is 0 Å². The number of rotatable bonds is 2. The molecule has 0 saturated heterocycles. The summed E-state index contributed by atoms with van der Waals surface area (Å²) in [4.78, 5) is 19.3. The Morgan fingerprint density at radius 1 is 1.33 bits per heavy atom. The van der Waals surface area contributed by atoms with Crippen molar-refractivity contribution >= 4 is 22.0 Å². The van der Waals surface area contributed by atoms with Gasteiger partial charge in [0.25, 0.3) is 5.56 Å². The van der Waals surface area contributed by atoms with Crippen LogP contribution >= 0.6 is 11.3 Å². The second-order valence-electron chi connectivity index (χ2n) is 5.23. The van der Waals surface area contributed by atoms with Crippen molar-refractivity contribution in [2.45, 2.75) is 19.9 Å². The fourth-order valence-electron chi connectivity index (χ4n) is 2.76. The van der Waals surface area contributed by atoms with E-state index < -0.39 is 0 Å². The van der Waals surface area contributed by atoms with Crippen LogP contribution in [0.25, 0.3) is 4.96 Å². The van der Waals surface area contributed by atoms with Gasteiger partial charge in [0.05, 0.1) is 6.54 Å². The van der Waals surface area contributed by atoms with Gasteiger partial charge in [-0.25, -0.2) is 4.98 Å². The van der Waals surface area contributed by atoms with Crippen LogP contribution in [0, 0.1) is 6.92 Å². The zero-order valence-electron chi connectivity index (χ0n) is 11.6. The largest absolute Gasteiger partial charge is 0.364 e. The van der Waals surface area contributed by atoms with E-state index in [-0.39, 0.29) is 5.56 Å². The Balaban J connectivity index is 1.70. The van der Waals surface area contributed by atoms with E-state index in [2.05, 4.69) is 39.2 Å². The minimum atomic E-state index is -0.109. The van der Waals surface area contributed by atoms with E-state index in [9.17, 15) is 4.79 Å². The van der Waals surface area contributed by atoms with E-state index in [4.69, 9.17) is 0 Å². The molecule has 0 radical (unpaired) electrons. The highest BCUT2D eigenvalue weighted by Crippen LogP contribution is 2.29. The number of anilines is 1. The Hall–Kier alpha value is -2.21. The number of benzene rings is 1. The number of para-hydroxylation sites is 1. The maximum absolute atomic E-state index is 11.9. The molecule has 0 aliphatic carbocycles. The quantitative estimate of drug-likeness (QED) is 0.726. The van der Waals surface area contributed by atoms with Gasteiger partial charge in [-0.2, -0.15) is 9.61 Å². The van der Waals surface area contributed by atoms with Gasteiger partial charge in [0.1, 0.15) is 5.01 Å². The Morgan fingerprint density at radius 2 is 2.19 bits per heavy atom. The van der Waals surface area contributed by atoms with Crippen LogP contribution in [0.4, 0.5) is 5.69 Å². The Bertz CT molecular complexity index is 883. The normalized spacial score (nSPS) is 13.9. The Morgan fingerprint density at radius 3 is 3.10 bits per heavy atom. The van der Waals surface area contributed by atoms with Gasteiger partial charge in [-0.1, -0.05) is 29.5 Å². The van der Waals surface area contributed by atoms with Crippen molar-refractivity contribution in [2.75, 3.05) is 11.4 Å². The van der Waals surface area contributed by atoms with E-state index in [1.807, 2.05) is 6.92 Å².